The smallest absolute Gasteiger partial charge is 0.119 e. The highest BCUT2D eigenvalue weighted by atomic mass is 16.5. The average molecular weight is 246 g/mol. The number of methoxy groups -OCH3 is 1. The quantitative estimate of drug-likeness (QED) is 0.884. The molecule has 1 aromatic rings. The SMILES string of the molecule is COc1cccc(C2(O)CCCC(C3CC3)C2)c1. The van der Waals surface area contributed by atoms with Crippen LogP contribution >= 0.6 is 0 Å². The van der Waals surface area contributed by atoms with E-state index in [1.165, 1.54) is 19.3 Å². The Bertz CT molecular complexity index is 425. The lowest BCUT2D eigenvalue weighted by molar-refractivity contribution is -0.0252. The molecule has 0 aromatic heterocycles. The summed E-state index contributed by atoms with van der Waals surface area (Å²) >= 11 is 0. The van der Waals surface area contributed by atoms with Gasteiger partial charge in [0.05, 0.1) is 12.7 Å². The van der Waals surface area contributed by atoms with Crippen LogP contribution in [0.4, 0.5) is 0 Å². The second-order valence-electron chi connectivity index (χ2n) is 5.96. The molecule has 0 amide bonds. The minimum Gasteiger partial charge on any atom is -0.497 e. The normalized spacial score (nSPS) is 32.2. The van der Waals surface area contributed by atoms with Crippen LogP contribution in [0.15, 0.2) is 24.3 Å². The van der Waals surface area contributed by atoms with Crippen molar-refractivity contribution in [2.75, 3.05) is 7.11 Å². The Labute approximate surface area is 109 Å². The second kappa shape index (κ2) is 4.58. The van der Waals surface area contributed by atoms with Gasteiger partial charge in [0.1, 0.15) is 5.75 Å². The van der Waals surface area contributed by atoms with Crippen LogP contribution < -0.4 is 4.74 Å². The van der Waals surface area contributed by atoms with E-state index in [9.17, 15) is 5.11 Å². The minimum absolute atomic E-state index is 0.625. The zero-order valence-electron chi connectivity index (χ0n) is 11.1. The van der Waals surface area contributed by atoms with Crippen molar-refractivity contribution in [3.63, 3.8) is 0 Å². The summed E-state index contributed by atoms with van der Waals surface area (Å²) in [6.45, 7) is 0. The van der Waals surface area contributed by atoms with E-state index in [4.69, 9.17) is 4.74 Å². The molecule has 2 aliphatic rings. The van der Waals surface area contributed by atoms with E-state index in [-0.39, 0.29) is 0 Å². The molecule has 2 fully saturated rings. The fraction of sp³-hybridized carbons (Fsp3) is 0.625. The average Bonchev–Trinajstić information content (AvgIpc) is 3.23. The number of hydrogen-bond acceptors (Lipinski definition) is 2. The first-order valence-corrected chi connectivity index (χ1v) is 7.08. The van der Waals surface area contributed by atoms with Gasteiger partial charge in [-0.1, -0.05) is 12.1 Å². The lowest BCUT2D eigenvalue weighted by Gasteiger charge is -2.37. The summed E-state index contributed by atoms with van der Waals surface area (Å²) in [5, 5.41) is 11.0. The van der Waals surface area contributed by atoms with Gasteiger partial charge in [0.15, 0.2) is 0 Å². The van der Waals surface area contributed by atoms with Crippen LogP contribution in [0.3, 0.4) is 0 Å². The van der Waals surface area contributed by atoms with E-state index in [1.807, 2.05) is 24.3 Å². The van der Waals surface area contributed by atoms with E-state index < -0.39 is 5.60 Å². The Kier molecular flexibility index (Phi) is 3.06. The van der Waals surface area contributed by atoms with E-state index in [0.29, 0.717) is 0 Å². The molecule has 98 valence electrons. The maximum atomic E-state index is 11.0. The van der Waals surface area contributed by atoms with Crippen molar-refractivity contribution in [1.82, 2.24) is 0 Å². The van der Waals surface area contributed by atoms with Gasteiger partial charge < -0.3 is 9.84 Å². The summed E-state index contributed by atoms with van der Waals surface area (Å²) in [6, 6.07) is 7.95. The maximum Gasteiger partial charge on any atom is 0.119 e. The molecular weight excluding hydrogens is 224 g/mol. The molecule has 2 atom stereocenters. The number of rotatable bonds is 3. The largest absolute Gasteiger partial charge is 0.497 e. The Hall–Kier alpha value is -1.02. The first kappa shape index (κ1) is 12.0. The Balaban J connectivity index is 1.83. The maximum absolute atomic E-state index is 11.0. The summed E-state index contributed by atoms with van der Waals surface area (Å²) < 4.78 is 5.27. The molecule has 2 nitrogen and oxygen atoms in total. The Morgan fingerprint density at radius 3 is 2.78 bits per heavy atom. The van der Waals surface area contributed by atoms with Crippen molar-refractivity contribution >= 4 is 0 Å². The molecule has 2 heteroatoms. The lowest BCUT2D eigenvalue weighted by Crippen LogP contribution is -2.33. The number of benzene rings is 1. The van der Waals surface area contributed by atoms with Gasteiger partial charge in [-0.25, -0.2) is 0 Å². The molecule has 18 heavy (non-hydrogen) atoms. The summed E-state index contributed by atoms with van der Waals surface area (Å²) in [6.07, 6.45) is 7.03. The molecule has 0 spiro atoms. The molecule has 0 heterocycles. The van der Waals surface area contributed by atoms with Gasteiger partial charge in [0, 0.05) is 0 Å². The van der Waals surface area contributed by atoms with Crippen LogP contribution in [-0.2, 0) is 5.60 Å². The van der Waals surface area contributed by atoms with Gasteiger partial charge in [0.25, 0.3) is 0 Å². The molecule has 2 aliphatic carbocycles. The third-order valence-corrected chi connectivity index (χ3v) is 4.66. The third-order valence-electron chi connectivity index (χ3n) is 4.66. The van der Waals surface area contributed by atoms with Crippen LogP contribution in [0.2, 0.25) is 0 Å². The van der Waals surface area contributed by atoms with E-state index in [0.717, 1.165) is 42.4 Å². The van der Waals surface area contributed by atoms with Crippen LogP contribution in [0.5, 0.6) is 5.75 Å². The minimum atomic E-state index is -0.625. The fourth-order valence-electron chi connectivity index (χ4n) is 3.44. The zero-order valence-corrected chi connectivity index (χ0v) is 11.1. The van der Waals surface area contributed by atoms with Crippen LogP contribution in [0.25, 0.3) is 0 Å². The number of aliphatic hydroxyl groups is 1. The van der Waals surface area contributed by atoms with E-state index >= 15 is 0 Å². The van der Waals surface area contributed by atoms with Crippen LogP contribution in [-0.4, -0.2) is 12.2 Å². The fourth-order valence-corrected chi connectivity index (χ4v) is 3.44. The summed E-state index contributed by atoms with van der Waals surface area (Å²) in [5.74, 6) is 2.46. The van der Waals surface area contributed by atoms with Crippen molar-refractivity contribution in [2.45, 2.75) is 44.1 Å². The van der Waals surface area contributed by atoms with Crippen molar-refractivity contribution in [3.05, 3.63) is 29.8 Å². The van der Waals surface area contributed by atoms with Gasteiger partial charge in [0.2, 0.25) is 0 Å². The van der Waals surface area contributed by atoms with Gasteiger partial charge in [-0.2, -0.15) is 0 Å². The molecule has 1 N–H and O–H groups in total. The van der Waals surface area contributed by atoms with E-state index in [2.05, 4.69) is 0 Å². The van der Waals surface area contributed by atoms with Crippen molar-refractivity contribution in [3.8, 4) is 5.75 Å². The standard InChI is InChI=1S/C16H22O2/c1-18-15-6-2-5-14(10-15)16(17)9-3-4-13(11-16)12-7-8-12/h2,5-6,10,12-13,17H,3-4,7-9,11H2,1H3. The van der Waals surface area contributed by atoms with Crippen LogP contribution in [0, 0.1) is 11.8 Å². The van der Waals surface area contributed by atoms with Gasteiger partial charge in [-0.05, 0) is 68.1 Å². The first-order valence-electron chi connectivity index (χ1n) is 7.08. The van der Waals surface area contributed by atoms with E-state index in [1.54, 1.807) is 7.11 Å². The number of ether oxygens (including phenoxy) is 1. The summed E-state index contributed by atoms with van der Waals surface area (Å²) in [4.78, 5) is 0. The highest BCUT2D eigenvalue weighted by Gasteiger charge is 2.41. The second-order valence-corrected chi connectivity index (χ2v) is 5.96. The molecular formula is C16H22O2. The van der Waals surface area contributed by atoms with Gasteiger partial charge in [-0.15, -0.1) is 0 Å². The Morgan fingerprint density at radius 2 is 2.06 bits per heavy atom. The number of hydrogen-bond donors (Lipinski definition) is 1. The molecule has 1 aromatic carbocycles. The molecule has 0 aliphatic heterocycles. The molecule has 2 saturated carbocycles. The predicted molar refractivity (Wildman–Crippen MR) is 71.6 cm³/mol. The van der Waals surface area contributed by atoms with Crippen molar-refractivity contribution < 1.29 is 9.84 Å². The molecule has 0 saturated heterocycles. The monoisotopic (exact) mass is 246 g/mol. The lowest BCUT2D eigenvalue weighted by atomic mass is 9.73. The first-order chi connectivity index (χ1) is 8.71. The third kappa shape index (κ3) is 2.26. The molecule has 2 unspecified atom stereocenters. The van der Waals surface area contributed by atoms with Gasteiger partial charge >= 0.3 is 0 Å². The Morgan fingerprint density at radius 1 is 1.22 bits per heavy atom. The summed E-state index contributed by atoms with van der Waals surface area (Å²) in [7, 11) is 1.68. The predicted octanol–water partition coefficient (Wildman–Crippen LogP) is 3.48. The highest BCUT2D eigenvalue weighted by Crippen LogP contribution is 2.49. The highest BCUT2D eigenvalue weighted by molar-refractivity contribution is 5.32. The molecule has 0 radical (unpaired) electrons. The molecule has 0 bridgehead atoms. The zero-order chi connectivity index (χ0) is 12.6. The summed E-state index contributed by atoms with van der Waals surface area (Å²) in [5.41, 5.74) is 0.409. The molecule has 3 rings (SSSR count). The van der Waals surface area contributed by atoms with Crippen molar-refractivity contribution in [1.29, 1.82) is 0 Å². The van der Waals surface area contributed by atoms with Gasteiger partial charge in [-0.3, -0.25) is 0 Å². The topological polar surface area (TPSA) is 29.5 Å². The van der Waals surface area contributed by atoms with Crippen LogP contribution in [0.1, 0.15) is 44.1 Å². The van der Waals surface area contributed by atoms with Crippen molar-refractivity contribution in [2.24, 2.45) is 11.8 Å².